The second kappa shape index (κ2) is 8.49. The molecule has 6 heteroatoms. The predicted octanol–water partition coefficient (Wildman–Crippen LogP) is 3.36. The van der Waals surface area contributed by atoms with Crippen molar-refractivity contribution in [1.82, 2.24) is 4.90 Å². The quantitative estimate of drug-likeness (QED) is 0.525. The van der Waals surface area contributed by atoms with Gasteiger partial charge in [0.15, 0.2) is 12.0 Å². The molecular formula is C22H33NO5. The molecule has 3 rings (SSSR count). The van der Waals surface area contributed by atoms with Gasteiger partial charge in [0.25, 0.3) is 5.79 Å². The van der Waals surface area contributed by atoms with Crippen LogP contribution in [0.1, 0.15) is 56.7 Å². The van der Waals surface area contributed by atoms with Crippen molar-refractivity contribution in [2.45, 2.75) is 70.7 Å². The maximum Gasteiger partial charge on any atom is 0.305 e. The van der Waals surface area contributed by atoms with E-state index in [4.69, 9.17) is 18.9 Å². The number of rotatable bonds is 7. The number of hydrogen-bond donors (Lipinski definition) is 0. The Balaban J connectivity index is 2.17. The van der Waals surface area contributed by atoms with Gasteiger partial charge >= 0.3 is 5.97 Å². The molecule has 1 heterocycles. The molecule has 156 valence electrons. The van der Waals surface area contributed by atoms with Crippen LogP contribution >= 0.6 is 0 Å². The molecule has 28 heavy (non-hydrogen) atoms. The first-order valence-corrected chi connectivity index (χ1v) is 10.3. The van der Waals surface area contributed by atoms with Crippen LogP contribution in [-0.4, -0.2) is 50.2 Å². The lowest BCUT2D eigenvalue weighted by atomic mass is 9.99. The van der Waals surface area contributed by atoms with Crippen molar-refractivity contribution >= 4 is 5.97 Å². The van der Waals surface area contributed by atoms with Gasteiger partial charge < -0.3 is 18.9 Å². The van der Waals surface area contributed by atoms with Crippen LogP contribution in [0.3, 0.4) is 0 Å². The van der Waals surface area contributed by atoms with Crippen molar-refractivity contribution in [3.63, 3.8) is 0 Å². The molecule has 0 saturated carbocycles. The lowest BCUT2D eigenvalue weighted by molar-refractivity contribution is -0.393. The molecular weight excluding hydrogens is 358 g/mol. The molecule has 1 aromatic rings. The van der Waals surface area contributed by atoms with Crippen LogP contribution < -0.4 is 0 Å². The van der Waals surface area contributed by atoms with E-state index in [0.717, 1.165) is 36.8 Å². The van der Waals surface area contributed by atoms with Crippen molar-refractivity contribution in [1.29, 1.82) is 0 Å². The van der Waals surface area contributed by atoms with E-state index in [-0.39, 0.29) is 0 Å². The Morgan fingerprint density at radius 1 is 1.29 bits per heavy atom. The largest absolute Gasteiger partial charge is 0.424 e. The van der Waals surface area contributed by atoms with Gasteiger partial charge in [-0.3, -0.25) is 9.69 Å². The standard InChI is InChI=1S/C22H33NO5/c1-6-17-11-12-19-18(14-17)15-21(23(4)5,26-7-2)22(19,27-16(3)24)28-20-10-8-9-13-25-20/h11-12,14,20H,6-10,13,15H2,1-5H3. The number of carbonyl (C=O) groups is 1. The molecule has 0 bridgehead atoms. The van der Waals surface area contributed by atoms with Crippen molar-refractivity contribution in [2.24, 2.45) is 0 Å². The molecule has 0 radical (unpaired) electrons. The first kappa shape index (κ1) is 21.2. The fourth-order valence-electron chi connectivity index (χ4n) is 4.39. The zero-order valence-electron chi connectivity index (χ0n) is 17.7. The first-order valence-electron chi connectivity index (χ1n) is 10.3. The molecule has 1 aliphatic heterocycles. The predicted molar refractivity (Wildman–Crippen MR) is 106 cm³/mol. The number of hydrogen-bond acceptors (Lipinski definition) is 6. The minimum absolute atomic E-state index is 0.408. The van der Waals surface area contributed by atoms with E-state index >= 15 is 0 Å². The van der Waals surface area contributed by atoms with Crippen molar-refractivity contribution in [3.05, 3.63) is 34.9 Å². The number of ether oxygens (including phenoxy) is 4. The Labute approximate surface area is 168 Å². The highest BCUT2D eigenvalue weighted by Gasteiger charge is 2.66. The maximum absolute atomic E-state index is 12.3. The first-order chi connectivity index (χ1) is 13.4. The molecule has 1 aliphatic carbocycles. The highest BCUT2D eigenvalue weighted by atomic mass is 16.8. The van der Waals surface area contributed by atoms with Gasteiger partial charge in [-0.1, -0.05) is 25.1 Å². The molecule has 0 amide bonds. The summed E-state index contributed by atoms with van der Waals surface area (Å²) in [5.74, 6) is -1.80. The monoisotopic (exact) mass is 391 g/mol. The van der Waals surface area contributed by atoms with Gasteiger partial charge in [-0.05, 0) is 57.8 Å². The van der Waals surface area contributed by atoms with E-state index < -0.39 is 23.8 Å². The topological polar surface area (TPSA) is 57.2 Å². The number of fused-ring (bicyclic) bond motifs is 1. The average molecular weight is 392 g/mol. The van der Waals surface area contributed by atoms with E-state index in [9.17, 15) is 4.79 Å². The molecule has 3 unspecified atom stereocenters. The molecule has 0 spiro atoms. The lowest BCUT2D eigenvalue weighted by Crippen LogP contribution is -2.64. The van der Waals surface area contributed by atoms with E-state index in [0.29, 0.717) is 19.6 Å². The van der Waals surface area contributed by atoms with Crippen molar-refractivity contribution < 1.29 is 23.7 Å². The van der Waals surface area contributed by atoms with Crippen LogP contribution in [0.15, 0.2) is 18.2 Å². The highest BCUT2D eigenvalue weighted by Crippen LogP contribution is 2.52. The van der Waals surface area contributed by atoms with Gasteiger partial charge in [0, 0.05) is 32.1 Å². The van der Waals surface area contributed by atoms with Crippen LogP contribution in [0.5, 0.6) is 0 Å². The molecule has 6 nitrogen and oxygen atoms in total. The second-order valence-corrected chi connectivity index (χ2v) is 7.76. The SMILES string of the molecule is CCOC1(N(C)C)Cc2cc(CC)ccc2C1(OC(C)=O)OC1CCCCO1. The third-order valence-electron chi connectivity index (χ3n) is 5.71. The number of aryl methyl sites for hydroxylation is 1. The zero-order chi connectivity index (χ0) is 20.4. The highest BCUT2D eigenvalue weighted by molar-refractivity contribution is 5.67. The molecule has 0 N–H and O–H groups in total. The third kappa shape index (κ3) is 3.59. The summed E-state index contributed by atoms with van der Waals surface area (Å²) in [6.07, 6.45) is 3.86. The normalized spacial score (nSPS) is 29.7. The Hall–Kier alpha value is -1.47. The van der Waals surface area contributed by atoms with Gasteiger partial charge in [0.05, 0.1) is 0 Å². The number of carbonyl (C=O) groups excluding carboxylic acids is 1. The van der Waals surface area contributed by atoms with Crippen LogP contribution in [0.2, 0.25) is 0 Å². The Morgan fingerprint density at radius 2 is 2.07 bits per heavy atom. The zero-order valence-corrected chi connectivity index (χ0v) is 17.7. The Morgan fingerprint density at radius 3 is 2.64 bits per heavy atom. The van der Waals surface area contributed by atoms with Gasteiger partial charge in [-0.2, -0.15) is 0 Å². The number of benzene rings is 1. The summed E-state index contributed by atoms with van der Waals surface area (Å²) < 4.78 is 24.8. The summed E-state index contributed by atoms with van der Waals surface area (Å²) in [4.78, 5) is 14.2. The Kier molecular flexibility index (Phi) is 6.44. The van der Waals surface area contributed by atoms with Gasteiger partial charge in [0.2, 0.25) is 0 Å². The lowest BCUT2D eigenvalue weighted by Gasteiger charge is -2.49. The second-order valence-electron chi connectivity index (χ2n) is 7.76. The van der Waals surface area contributed by atoms with Gasteiger partial charge in [-0.25, -0.2) is 0 Å². The van der Waals surface area contributed by atoms with Gasteiger partial charge in [-0.15, -0.1) is 0 Å². The fourth-order valence-corrected chi connectivity index (χ4v) is 4.39. The number of nitrogens with zero attached hydrogens (tertiary/aromatic N) is 1. The summed E-state index contributed by atoms with van der Waals surface area (Å²) in [5, 5.41) is 0. The average Bonchev–Trinajstić information content (AvgIpc) is 2.92. The summed E-state index contributed by atoms with van der Waals surface area (Å²) >= 11 is 0. The van der Waals surface area contributed by atoms with E-state index in [2.05, 4.69) is 19.1 Å². The Bertz CT molecular complexity index is 700. The smallest absolute Gasteiger partial charge is 0.305 e. The summed E-state index contributed by atoms with van der Waals surface area (Å²) in [5.41, 5.74) is 2.19. The van der Waals surface area contributed by atoms with Crippen LogP contribution in [0.4, 0.5) is 0 Å². The summed E-state index contributed by atoms with van der Waals surface area (Å²) in [7, 11) is 3.87. The summed E-state index contributed by atoms with van der Waals surface area (Å²) in [6, 6.07) is 6.26. The van der Waals surface area contributed by atoms with Crippen LogP contribution in [-0.2, 0) is 42.4 Å². The van der Waals surface area contributed by atoms with E-state index in [1.165, 1.54) is 12.5 Å². The van der Waals surface area contributed by atoms with Gasteiger partial charge in [0.1, 0.15) is 0 Å². The molecule has 0 aromatic heterocycles. The third-order valence-corrected chi connectivity index (χ3v) is 5.71. The minimum atomic E-state index is -1.39. The molecule has 1 fully saturated rings. The molecule has 1 saturated heterocycles. The number of esters is 1. The number of likely N-dealkylation sites (N-methyl/N-ethyl adjacent to an activating group) is 1. The van der Waals surface area contributed by atoms with Crippen molar-refractivity contribution in [2.75, 3.05) is 27.3 Å². The molecule has 3 atom stereocenters. The molecule has 2 aliphatic rings. The van der Waals surface area contributed by atoms with Crippen LogP contribution in [0.25, 0.3) is 0 Å². The summed E-state index contributed by atoms with van der Waals surface area (Å²) in [6.45, 7) is 6.60. The maximum atomic E-state index is 12.3. The van der Waals surface area contributed by atoms with E-state index in [1.807, 2.05) is 32.0 Å². The minimum Gasteiger partial charge on any atom is -0.424 e. The fraction of sp³-hybridized carbons (Fsp3) is 0.682. The van der Waals surface area contributed by atoms with E-state index in [1.54, 1.807) is 0 Å². The van der Waals surface area contributed by atoms with Crippen molar-refractivity contribution in [3.8, 4) is 0 Å². The molecule has 1 aromatic carbocycles. The van der Waals surface area contributed by atoms with Crippen LogP contribution in [0, 0.1) is 0 Å².